The maximum absolute atomic E-state index is 12.2. The molecule has 1 aromatic carbocycles. The fraction of sp³-hybridized carbons (Fsp3) is 0.250. The van der Waals surface area contributed by atoms with Crippen LogP contribution in [0.2, 0.25) is 0 Å². The predicted molar refractivity (Wildman–Crippen MR) is 72.7 cm³/mol. The number of nitrogens with two attached hydrogens (primary N) is 1. The molecule has 0 fully saturated rings. The van der Waals surface area contributed by atoms with Gasteiger partial charge in [0.25, 0.3) is 0 Å². The maximum Gasteiger partial charge on any atom is 0.244 e. The molecule has 0 saturated heterocycles. The van der Waals surface area contributed by atoms with Gasteiger partial charge in [-0.05, 0) is 19.1 Å². The molecule has 0 atom stereocenters. The first-order valence-electron chi connectivity index (χ1n) is 5.78. The zero-order chi connectivity index (χ0) is 14.8. The molecule has 0 unspecified atom stereocenters. The van der Waals surface area contributed by atoms with Gasteiger partial charge in [0, 0.05) is 17.8 Å². The first kappa shape index (κ1) is 14.4. The van der Waals surface area contributed by atoms with Crippen molar-refractivity contribution in [1.29, 1.82) is 0 Å². The van der Waals surface area contributed by atoms with Gasteiger partial charge in [0.05, 0.1) is 19.3 Å². The molecule has 3 N–H and O–H groups in total. The molecule has 0 aliphatic heterocycles. The zero-order valence-corrected chi connectivity index (χ0v) is 11.9. The number of nitrogens with one attached hydrogen (secondary N) is 1. The number of benzene rings is 1. The molecule has 0 amide bonds. The molecular weight excluding hydrogens is 282 g/mol. The van der Waals surface area contributed by atoms with Crippen molar-refractivity contribution in [2.45, 2.75) is 18.4 Å². The molecule has 0 spiro atoms. The average molecular weight is 297 g/mol. The van der Waals surface area contributed by atoms with Crippen LogP contribution in [-0.2, 0) is 16.6 Å². The average Bonchev–Trinajstić information content (AvgIpc) is 2.82. The molecule has 7 nitrogen and oxygen atoms in total. The lowest BCUT2D eigenvalue weighted by molar-refractivity contribution is 0.376. The number of nitrogens with zero attached hydrogens (tertiary/aromatic N) is 1. The number of nitrogen functional groups attached to an aromatic ring is 1. The minimum atomic E-state index is -3.73. The lowest BCUT2D eigenvalue weighted by Crippen LogP contribution is -2.23. The summed E-state index contributed by atoms with van der Waals surface area (Å²) in [7, 11) is -2.34. The molecule has 1 aromatic heterocycles. The Morgan fingerprint density at radius 2 is 2.15 bits per heavy atom. The number of hydrogen-bond donors (Lipinski definition) is 2. The van der Waals surface area contributed by atoms with Crippen molar-refractivity contribution in [1.82, 2.24) is 9.88 Å². The Kier molecular flexibility index (Phi) is 3.96. The van der Waals surface area contributed by atoms with Crippen LogP contribution in [0.3, 0.4) is 0 Å². The van der Waals surface area contributed by atoms with E-state index in [4.69, 9.17) is 15.0 Å². The van der Waals surface area contributed by atoms with Crippen LogP contribution in [0.1, 0.15) is 11.5 Å². The fourth-order valence-electron chi connectivity index (χ4n) is 1.65. The second-order valence-corrected chi connectivity index (χ2v) is 5.90. The van der Waals surface area contributed by atoms with Crippen LogP contribution in [0.4, 0.5) is 5.69 Å². The summed E-state index contributed by atoms with van der Waals surface area (Å²) in [5.74, 6) is 0.617. The van der Waals surface area contributed by atoms with Gasteiger partial charge in [-0.15, -0.1) is 0 Å². The number of hydrogen-bond acceptors (Lipinski definition) is 6. The van der Waals surface area contributed by atoms with Gasteiger partial charge in [-0.1, -0.05) is 5.16 Å². The van der Waals surface area contributed by atoms with E-state index in [1.165, 1.54) is 25.3 Å². The monoisotopic (exact) mass is 297 g/mol. The van der Waals surface area contributed by atoms with Gasteiger partial charge in [0.15, 0.2) is 5.76 Å². The summed E-state index contributed by atoms with van der Waals surface area (Å²) >= 11 is 0. The molecule has 0 bridgehead atoms. The van der Waals surface area contributed by atoms with Crippen LogP contribution in [-0.4, -0.2) is 20.7 Å². The summed E-state index contributed by atoms with van der Waals surface area (Å²) < 4.78 is 36.8. The summed E-state index contributed by atoms with van der Waals surface area (Å²) in [6.45, 7) is 1.77. The van der Waals surface area contributed by atoms with Crippen molar-refractivity contribution in [3.63, 3.8) is 0 Å². The van der Waals surface area contributed by atoms with Crippen molar-refractivity contribution in [2.24, 2.45) is 0 Å². The van der Waals surface area contributed by atoms with Crippen LogP contribution in [0, 0.1) is 6.92 Å². The summed E-state index contributed by atoms with van der Waals surface area (Å²) in [4.78, 5) is 0.0189. The van der Waals surface area contributed by atoms with E-state index in [1.807, 2.05) is 0 Å². The molecular formula is C12H15N3O4S. The number of sulfonamides is 1. The van der Waals surface area contributed by atoms with Crippen molar-refractivity contribution in [2.75, 3.05) is 12.8 Å². The van der Waals surface area contributed by atoms with Crippen LogP contribution >= 0.6 is 0 Å². The van der Waals surface area contributed by atoms with Crippen LogP contribution in [0.5, 0.6) is 5.75 Å². The Morgan fingerprint density at radius 1 is 1.40 bits per heavy atom. The third-order valence-corrected chi connectivity index (χ3v) is 4.03. The Labute approximate surface area is 116 Å². The van der Waals surface area contributed by atoms with Crippen molar-refractivity contribution in [3.8, 4) is 5.75 Å². The van der Waals surface area contributed by atoms with Crippen molar-refractivity contribution >= 4 is 15.7 Å². The number of aromatic nitrogens is 1. The summed E-state index contributed by atoms with van der Waals surface area (Å²) in [6.07, 6.45) is 0. The zero-order valence-electron chi connectivity index (χ0n) is 11.1. The number of aryl methyl sites for hydroxylation is 1. The first-order chi connectivity index (χ1) is 9.42. The van der Waals surface area contributed by atoms with E-state index in [9.17, 15) is 8.42 Å². The molecule has 0 aliphatic rings. The third kappa shape index (κ3) is 3.09. The van der Waals surface area contributed by atoms with E-state index >= 15 is 0 Å². The molecule has 8 heteroatoms. The van der Waals surface area contributed by atoms with Gasteiger partial charge in [-0.3, -0.25) is 0 Å². The summed E-state index contributed by atoms with van der Waals surface area (Å²) in [5, 5.41) is 3.68. The largest absolute Gasteiger partial charge is 0.495 e. The molecule has 0 radical (unpaired) electrons. The van der Waals surface area contributed by atoms with E-state index in [2.05, 4.69) is 9.88 Å². The molecule has 1 heterocycles. The predicted octanol–water partition coefficient (Wildman–Crippen LogP) is 1.05. The highest BCUT2D eigenvalue weighted by atomic mass is 32.2. The van der Waals surface area contributed by atoms with E-state index in [1.54, 1.807) is 13.0 Å². The van der Waals surface area contributed by atoms with Gasteiger partial charge in [-0.25, -0.2) is 13.1 Å². The first-order valence-corrected chi connectivity index (χ1v) is 7.26. The van der Waals surface area contributed by atoms with Gasteiger partial charge in [0.1, 0.15) is 10.6 Å². The SMILES string of the molecule is COc1cc(N)ccc1S(=O)(=O)NCc1cc(C)no1. The lowest BCUT2D eigenvalue weighted by Gasteiger charge is -2.10. The topological polar surface area (TPSA) is 107 Å². The molecule has 0 aliphatic carbocycles. The van der Waals surface area contributed by atoms with Crippen molar-refractivity contribution in [3.05, 3.63) is 35.7 Å². The van der Waals surface area contributed by atoms with Crippen LogP contribution in [0.25, 0.3) is 0 Å². The molecule has 2 aromatic rings. The maximum atomic E-state index is 12.2. The highest BCUT2D eigenvalue weighted by Crippen LogP contribution is 2.25. The summed E-state index contributed by atoms with van der Waals surface area (Å²) in [6, 6.07) is 5.99. The van der Waals surface area contributed by atoms with Crippen LogP contribution < -0.4 is 15.2 Å². The normalized spacial score (nSPS) is 11.5. The highest BCUT2D eigenvalue weighted by Gasteiger charge is 2.20. The van der Waals surface area contributed by atoms with Gasteiger partial charge < -0.3 is 15.0 Å². The number of rotatable bonds is 5. The number of anilines is 1. The van der Waals surface area contributed by atoms with E-state index < -0.39 is 10.0 Å². The fourth-order valence-corrected chi connectivity index (χ4v) is 2.79. The molecule has 2 rings (SSSR count). The minimum absolute atomic E-state index is 0.0106. The van der Waals surface area contributed by atoms with Gasteiger partial charge >= 0.3 is 0 Å². The van der Waals surface area contributed by atoms with E-state index in [-0.39, 0.29) is 17.2 Å². The summed E-state index contributed by atoms with van der Waals surface area (Å²) in [5.41, 5.74) is 6.70. The molecule has 20 heavy (non-hydrogen) atoms. The quantitative estimate of drug-likeness (QED) is 0.799. The Bertz CT molecular complexity index is 709. The van der Waals surface area contributed by atoms with E-state index in [0.717, 1.165) is 0 Å². The van der Waals surface area contributed by atoms with E-state index in [0.29, 0.717) is 17.1 Å². The Morgan fingerprint density at radius 3 is 2.75 bits per heavy atom. The van der Waals surface area contributed by atoms with Crippen LogP contribution in [0.15, 0.2) is 33.7 Å². The Balaban J connectivity index is 2.22. The second kappa shape index (κ2) is 5.51. The number of ether oxygens (including phenoxy) is 1. The van der Waals surface area contributed by atoms with Gasteiger partial charge in [0.2, 0.25) is 10.0 Å². The second-order valence-electron chi connectivity index (χ2n) is 4.17. The number of methoxy groups -OCH3 is 1. The standard InChI is InChI=1S/C12H15N3O4S/c1-8-5-10(19-15-8)7-14-20(16,17)12-4-3-9(13)6-11(12)18-2/h3-6,14H,7,13H2,1-2H3. The Hall–Kier alpha value is -2.06. The highest BCUT2D eigenvalue weighted by molar-refractivity contribution is 7.89. The van der Waals surface area contributed by atoms with Crippen molar-refractivity contribution < 1.29 is 17.7 Å². The smallest absolute Gasteiger partial charge is 0.244 e. The minimum Gasteiger partial charge on any atom is -0.495 e. The lowest BCUT2D eigenvalue weighted by atomic mass is 10.3. The molecule has 108 valence electrons. The third-order valence-electron chi connectivity index (χ3n) is 2.59. The van der Waals surface area contributed by atoms with Gasteiger partial charge in [-0.2, -0.15) is 0 Å². The molecule has 0 saturated carbocycles.